The number of carbonyl (C=O) groups is 2. The van der Waals surface area contributed by atoms with Gasteiger partial charge >= 0.3 is 11.9 Å². The summed E-state index contributed by atoms with van der Waals surface area (Å²) in [5.74, 6) is -1.33. The summed E-state index contributed by atoms with van der Waals surface area (Å²) in [4.78, 5) is 29.6. The maximum absolute atomic E-state index is 11.3. The van der Waals surface area contributed by atoms with Gasteiger partial charge in [0.15, 0.2) is 6.61 Å². The van der Waals surface area contributed by atoms with Gasteiger partial charge in [-0.25, -0.2) is 15.3 Å². The summed E-state index contributed by atoms with van der Waals surface area (Å²) in [7, 11) is 0. The lowest BCUT2D eigenvalue weighted by Crippen LogP contribution is -2.27. The Morgan fingerprint density at radius 3 is 2.94 bits per heavy atom. The zero-order valence-electron chi connectivity index (χ0n) is 8.69. The van der Waals surface area contributed by atoms with Crippen LogP contribution in [-0.2, 0) is 16.1 Å². The third-order valence-corrected chi connectivity index (χ3v) is 1.58. The van der Waals surface area contributed by atoms with Crippen LogP contribution >= 0.6 is 0 Å². The number of carboxylic acid groups (broad SMARTS) is 1. The average molecular weight is 228 g/mol. The first-order chi connectivity index (χ1) is 7.63. The van der Waals surface area contributed by atoms with E-state index in [1.807, 2.05) is 12.4 Å². The van der Waals surface area contributed by atoms with Gasteiger partial charge in [0.2, 0.25) is 5.82 Å². The number of aliphatic carboxylic acids is 1. The summed E-state index contributed by atoms with van der Waals surface area (Å²) in [5.41, 5.74) is 1.92. The Morgan fingerprint density at radius 1 is 1.56 bits per heavy atom. The third kappa shape index (κ3) is 3.65. The third-order valence-electron chi connectivity index (χ3n) is 1.58. The van der Waals surface area contributed by atoms with Gasteiger partial charge in [-0.15, -0.1) is 5.10 Å². The second-order valence-electron chi connectivity index (χ2n) is 2.97. The van der Waals surface area contributed by atoms with Gasteiger partial charge in [0.1, 0.15) is 5.82 Å². The van der Waals surface area contributed by atoms with Crippen LogP contribution in [0.15, 0.2) is 0 Å². The average Bonchev–Trinajstić information content (AvgIpc) is 2.66. The van der Waals surface area contributed by atoms with Crippen LogP contribution in [0.1, 0.15) is 29.8 Å². The fraction of sp³-hybridized carbons (Fsp3) is 0.500. The Hall–Kier alpha value is -1.96. The number of amides is 1. The van der Waals surface area contributed by atoms with Gasteiger partial charge in [0.05, 0.1) is 0 Å². The Balaban J connectivity index is 2.43. The largest absolute Gasteiger partial charge is 0.479 e. The Kier molecular flexibility index (Phi) is 4.40. The highest BCUT2D eigenvalue weighted by molar-refractivity contribution is 5.89. The molecule has 88 valence electrons. The van der Waals surface area contributed by atoms with E-state index in [4.69, 9.17) is 5.11 Å². The molecule has 0 aliphatic rings. The van der Waals surface area contributed by atoms with Crippen LogP contribution in [0.2, 0.25) is 0 Å². The molecule has 0 saturated carbocycles. The molecule has 1 aromatic rings. The highest BCUT2D eigenvalue weighted by Crippen LogP contribution is 1.96. The summed E-state index contributed by atoms with van der Waals surface area (Å²) >= 11 is 0. The summed E-state index contributed by atoms with van der Waals surface area (Å²) < 4.78 is 0. The Bertz CT molecular complexity index is 376. The van der Waals surface area contributed by atoms with Gasteiger partial charge in [-0.1, -0.05) is 6.92 Å². The van der Waals surface area contributed by atoms with Gasteiger partial charge < -0.3 is 5.11 Å². The van der Waals surface area contributed by atoms with Gasteiger partial charge in [-0.3, -0.25) is 14.7 Å². The molecule has 0 atom stereocenters. The maximum Gasteiger partial charge on any atom is 0.332 e. The van der Waals surface area contributed by atoms with Crippen LogP contribution in [0, 0.1) is 0 Å². The molecule has 0 spiro atoms. The predicted octanol–water partition coefficient (Wildman–Crippen LogP) is -0.497. The highest BCUT2D eigenvalue weighted by Gasteiger charge is 2.12. The summed E-state index contributed by atoms with van der Waals surface area (Å²) in [5, 5.41) is 14.5. The van der Waals surface area contributed by atoms with Gasteiger partial charge in [0, 0.05) is 6.42 Å². The molecule has 0 aliphatic carbocycles. The molecule has 0 fully saturated rings. The molecule has 0 saturated heterocycles. The normalized spacial score (nSPS) is 10.1. The van der Waals surface area contributed by atoms with Crippen molar-refractivity contribution in [2.45, 2.75) is 19.8 Å². The molecule has 0 aromatic carbocycles. The fourth-order valence-corrected chi connectivity index (χ4v) is 0.954. The predicted molar refractivity (Wildman–Crippen MR) is 51.4 cm³/mol. The van der Waals surface area contributed by atoms with Crippen LogP contribution in [0.25, 0.3) is 0 Å². The summed E-state index contributed by atoms with van der Waals surface area (Å²) in [6, 6.07) is 0. The van der Waals surface area contributed by atoms with Crippen molar-refractivity contribution in [3.8, 4) is 0 Å². The van der Waals surface area contributed by atoms with Gasteiger partial charge in [-0.05, 0) is 6.42 Å². The first-order valence-electron chi connectivity index (χ1n) is 4.68. The minimum absolute atomic E-state index is 0.0751. The quantitative estimate of drug-likeness (QED) is 0.565. The zero-order valence-corrected chi connectivity index (χ0v) is 8.69. The van der Waals surface area contributed by atoms with Crippen LogP contribution in [0.5, 0.6) is 0 Å². The first-order valence-corrected chi connectivity index (χ1v) is 4.68. The van der Waals surface area contributed by atoms with E-state index in [1.54, 1.807) is 0 Å². The minimum Gasteiger partial charge on any atom is -0.479 e. The number of hydrogen-bond donors (Lipinski definition) is 3. The number of hydrogen-bond acceptors (Lipinski definition) is 5. The van der Waals surface area contributed by atoms with Crippen LogP contribution in [-0.4, -0.2) is 38.8 Å². The second kappa shape index (κ2) is 5.81. The topological polar surface area (TPSA) is 117 Å². The number of hydroxylamine groups is 1. The van der Waals surface area contributed by atoms with E-state index in [9.17, 15) is 9.59 Å². The van der Waals surface area contributed by atoms with E-state index in [2.05, 4.69) is 20.0 Å². The van der Waals surface area contributed by atoms with Crippen LogP contribution in [0.3, 0.4) is 0 Å². The van der Waals surface area contributed by atoms with Crippen molar-refractivity contribution in [3.63, 3.8) is 0 Å². The maximum atomic E-state index is 11.3. The number of nitrogens with zero attached hydrogens (tertiary/aromatic N) is 2. The molecule has 0 bridgehead atoms. The van der Waals surface area contributed by atoms with Crippen LogP contribution in [0.4, 0.5) is 0 Å². The molecule has 0 unspecified atom stereocenters. The van der Waals surface area contributed by atoms with E-state index in [1.165, 1.54) is 0 Å². The van der Waals surface area contributed by atoms with Crippen molar-refractivity contribution in [1.29, 1.82) is 0 Å². The van der Waals surface area contributed by atoms with E-state index in [0.29, 0.717) is 12.2 Å². The lowest BCUT2D eigenvalue weighted by Gasteiger charge is -1.99. The van der Waals surface area contributed by atoms with Crippen molar-refractivity contribution in [2.24, 2.45) is 0 Å². The van der Waals surface area contributed by atoms with E-state index >= 15 is 0 Å². The second-order valence-corrected chi connectivity index (χ2v) is 2.97. The molecule has 8 heteroatoms. The molecule has 0 radical (unpaired) electrons. The zero-order chi connectivity index (χ0) is 12.0. The molecule has 16 heavy (non-hydrogen) atoms. The standard InChI is InChI=1S/C8H12N4O4/c1-2-3-5-9-7(11-10-5)8(15)12-16-4-6(13)14/h2-4H2,1H3,(H,12,15)(H,13,14)(H,9,10,11). The monoisotopic (exact) mass is 228 g/mol. The van der Waals surface area contributed by atoms with Crippen molar-refractivity contribution in [3.05, 3.63) is 11.6 Å². The molecule has 1 amide bonds. The number of nitrogens with one attached hydrogen (secondary N) is 2. The van der Waals surface area contributed by atoms with Crippen molar-refractivity contribution in [2.75, 3.05) is 6.61 Å². The number of carboxylic acids is 1. The van der Waals surface area contributed by atoms with Crippen molar-refractivity contribution in [1.82, 2.24) is 20.7 Å². The lowest BCUT2D eigenvalue weighted by atomic mass is 10.3. The smallest absolute Gasteiger partial charge is 0.332 e. The summed E-state index contributed by atoms with van der Waals surface area (Å²) in [6.45, 7) is 1.36. The van der Waals surface area contributed by atoms with E-state index in [-0.39, 0.29) is 5.82 Å². The Morgan fingerprint density at radius 2 is 2.31 bits per heavy atom. The number of carbonyl (C=O) groups excluding carboxylic acids is 1. The molecular formula is C8H12N4O4. The molecule has 1 aromatic heterocycles. The number of aromatic nitrogens is 3. The number of aryl methyl sites for hydroxylation is 1. The SMILES string of the molecule is CCCc1nc(C(=O)NOCC(=O)O)n[nH]1. The highest BCUT2D eigenvalue weighted by atomic mass is 16.7. The molecule has 1 rings (SSSR count). The minimum atomic E-state index is -1.18. The number of rotatable bonds is 6. The van der Waals surface area contributed by atoms with Gasteiger partial charge in [-0.2, -0.15) is 0 Å². The fourth-order valence-electron chi connectivity index (χ4n) is 0.954. The molecule has 1 heterocycles. The Labute approximate surface area is 91.0 Å². The lowest BCUT2D eigenvalue weighted by molar-refractivity contribution is -0.144. The molecular weight excluding hydrogens is 216 g/mol. The van der Waals surface area contributed by atoms with Crippen molar-refractivity contribution >= 4 is 11.9 Å². The number of aromatic amines is 1. The first kappa shape index (κ1) is 12.1. The molecule has 8 nitrogen and oxygen atoms in total. The van der Waals surface area contributed by atoms with Crippen molar-refractivity contribution < 1.29 is 19.5 Å². The summed E-state index contributed by atoms with van der Waals surface area (Å²) in [6.07, 6.45) is 1.57. The van der Waals surface area contributed by atoms with Crippen LogP contribution < -0.4 is 5.48 Å². The number of H-pyrrole nitrogens is 1. The molecule has 3 N–H and O–H groups in total. The van der Waals surface area contributed by atoms with Gasteiger partial charge in [0.25, 0.3) is 0 Å². The van der Waals surface area contributed by atoms with E-state index in [0.717, 1.165) is 6.42 Å². The molecule has 0 aliphatic heterocycles. The van der Waals surface area contributed by atoms with E-state index < -0.39 is 18.5 Å².